The summed E-state index contributed by atoms with van der Waals surface area (Å²) >= 11 is 0. The quantitative estimate of drug-likeness (QED) is 0.0560. The van der Waals surface area contributed by atoms with Crippen LogP contribution in [-0.2, 0) is 33.4 Å². The molecular weight excluding hydrogens is 686 g/mol. The molecule has 5 N–H and O–H groups in total. The molecule has 3 amide bonds. The van der Waals surface area contributed by atoms with Gasteiger partial charge in [0.15, 0.2) is 0 Å². The average molecular weight is 752 g/mol. The van der Waals surface area contributed by atoms with Crippen molar-refractivity contribution in [2.45, 2.75) is 122 Å². The lowest BCUT2D eigenvalue weighted by atomic mass is 10.0. The van der Waals surface area contributed by atoms with Crippen molar-refractivity contribution in [1.82, 2.24) is 16.0 Å². The van der Waals surface area contributed by atoms with E-state index in [4.69, 9.17) is 24.1 Å². The maximum Gasteiger partial charge on any atom is 0.335 e. The van der Waals surface area contributed by atoms with Gasteiger partial charge < -0.3 is 45.1 Å². The van der Waals surface area contributed by atoms with E-state index in [1.54, 1.807) is 24.3 Å². The number of benzene rings is 1. The summed E-state index contributed by atoms with van der Waals surface area (Å²) in [6.07, 6.45) is 15.6. The van der Waals surface area contributed by atoms with Crippen LogP contribution in [0.15, 0.2) is 24.3 Å². The van der Waals surface area contributed by atoms with Crippen molar-refractivity contribution >= 4 is 29.7 Å². The van der Waals surface area contributed by atoms with Crippen LogP contribution in [0, 0.1) is 0 Å². The first-order valence-electron chi connectivity index (χ1n) is 19.5. The largest absolute Gasteiger partial charge is 0.494 e. The molecule has 1 rings (SSSR count). The molecule has 1 aromatic rings. The summed E-state index contributed by atoms with van der Waals surface area (Å²) in [4.78, 5) is 58.6. The molecule has 0 unspecified atom stereocenters. The number of aromatic carboxylic acids is 1. The highest BCUT2D eigenvalue weighted by atomic mass is 16.5. The third-order valence-corrected chi connectivity index (χ3v) is 8.30. The van der Waals surface area contributed by atoms with Gasteiger partial charge in [-0.2, -0.15) is 0 Å². The fraction of sp³-hybridized carbons (Fsp3) is 0.718. The lowest BCUT2D eigenvalue weighted by Crippen LogP contribution is -2.41. The van der Waals surface area contributed by atoms with E-state index < -0.39 is 18.0 Å². The highest BCUT2D eigenvalue weighted by Gasteiger charge is 2.20. The van der Waals surface area contributed by atoms with E-state index in [9.17, 15) is 29.1 Å². The first kappa shape index (κ1) is 47.3. The minimum Gasteiger partial charge on any atom is -0.494 e. The molecule has 14 nitrogen and oxygen atoms in total. The zero-order valence-electron chi connectivity index (χ0n) is 31.8. The van der Waals surface area contributed by atoms with E-state index in [-0.39, 0.29) is 75.5 Å². The summed E-state index contributed by atoms with van der Waals surface area (Å²) in [7, 11) is 0. The number of carbonyl (C=O) groups is 5. The molecule has 0 aliphatic heterocycles. The molecule has 0 aliphatic rings. The number of carboxylic acids is 2. The lowest BCUT2D eigenvalue weighted by Gasteiger charge is -2.14. The summed E-state index contributed by atoms with van der Waals surface area (Å²) < 4.78 is 21.6. The van der Waals surface area contributed by atoms with Crippen LogP contribution < -0.4 is 20.7 Å². The van der Waals surface area contributed by atoms with Gasteiger partial charge in [-0.05, 0) is 49.9 Å². The Labute approximate surface area is 315 Å². The van der Waals surface area contributed by atoms with Gasteiger partial charge in [-0.15, -0.1) is 0 Å². The topological polar surface area (TPSA) is 199 Å². The van der Waals surface area contributed by atoms with Crippen LogP contribution >= 0.6 is 0 Å². The first-order valence-corrected chi connectivity index (χ1v) is 19.5. The van der Waals surface area contributed by atoms with E-state index in [0.29, 0.717) is 38.5 Å². The van der Waals surface area contributed by atoms with Gasteiger partial charge in [-0.3, -0.25) is 14.4 Å². The van der Waals surface area contributed by atoms with E-state index in [2.05, 4.69) is 16.0 Å². The number of unbranched alkanes of at least 4 members (excludes halogenated alkanes) is 12. The molecule has 53 heavy (non-hydrogen) atoms. The van der Waals surface area contributed by atoms with Crippen LogP contribution in [0.5, 0.6) is 5.75 Å². The molecule has 14 heteroatoms. The van der Waals surface area contributed by atoms with Crippen molar-refractivity contribution in [2.24, 2.45) is 0 Å². The van der Waals surface area contributed by atoms with Gasteiger partial charge in [0.25, 0.3) is 0 Å². The van der Waals surface area contributed by atoms with Crippen molar-refractivity contribution in [3.63, 3.8) is 0 Å². The fourth-order valence-corrected chi connectivity index (χ4v) is 5.31. The van der Waals surface area contributed by atoms with Gasteiger partial charge in [0.1, 0.15) is 18.4 Å². The first-order chi connectivity index (χ1) is 25.7. The van der Waals surface area contributed by atoms with E-state index in [0.717, 1.165) is 38.5 Å². The second-order valence-corrected chi connectivity index (χ2v) is 13.0. The number of ether oxygens (including phenoxy) is 4. The molecule has 0 bridgehead atoms. The zero-order valence-corrected chi connectivity index (χ0v) is 31.8. The smallest absolute Gasteiger partial charge is 0.335 e. The number of carbonyl (C=O) groups excluding carboxylic acids is 3. The van der Waals surface area contributed by atoms with Crippen LogP contribution in [-0.4, -0.2) is 105 Å². The Balaban J connectivity index is 1.92. The Hall–Kier alpha value is -3.75. The Morgan fingerprint density at radius 1 is 0.585 bits per heavy atom. The van der Waals surface area contributed by atoms with Crippen molar-refractivity contribution in [2.75, 3.05) is 59.3 Å². The molecule has 0 saturated carbocycles. The number of rotatable bonds is 36. The van der Waals surface area contributed by atoms with Crippen LogP contribution in [0.4, 0.5) is 0 Å². The van der Waals surface area contributed by atoms with Crippen LogP contribution in [0.1, 0.15) is 126 Å². The monoisotopic (exact) mass is 751 g/mol. The molecule has 0 heterocycles. The van der Waals surface area contributed by atoms with Gasteiger partial charge in [0.2, 0.25) is 17.7 Å². The van der Waals surface area contributed by atoms with Gasteiger partial charge in [0, 0.05) is 32.5 Å². The molecule has 0 radical (unpaired) electrons. The molecule has 0 saturated heterocycles. The van der Waals surface area contributed by atoms with Crippen LogP contribution in [0.2, 0.25) is 0 Å². The number of carboxylic acid groups (broad SMARTS) is 2. The van der Waals surface area contributed by atoms with Crippen molar-refractivity contribution < 1.29 is 53.1 Å². The van der Waals surface area contributed by atoms with Gasteiger partial charge in [0.05, 0.1) is 38.6 Å². The Kier molecular flexibility index (Phi) is 29.3. The molecule has 1 aromatic carbocycles. The zero-order chi connectivity index (χ0) is 38.8. The van der Waals surface area contributed by atoms with Gasteiger partial charge in [-0.25, -0.2) is 9.59 Å². The number of hydrogen-bond acceptors (Lipinski definition) is 9. The summed E-state index contributed by atoms with van der Waals surface area (Å²) in [6, 6.07) is 5.37. The SMILES string of the molecule is CCCOCCNC(=O)COCCOCCNC(=O)CC[C@H](NC(=O)CCCCCCCCCCCCCCCOc1ccc(C(=O)O)cc1)C(=O)O. The summed E-state index contributed by atoms with van der Waals surface area (Å²) in [5.41, 5.74) is 0.257. The Bertz CT molecular complexity index is 1130. The summed E-state index contributed by atoms with van der Waals surface area (Å²) in [5.74, 6) is -2.27. The fourth-order valence-electron chi connectivity index (χ4n) is 5.31. The second kappa shape index (κ2) is 32.9. The highest BCUT2D eigenvalue weighted by Crippen LogP contribution is 2.15. The molecular formula is C39H65N3O11. The molecule has 302 valence electrons. The molecule has 1 atom stereocenters. The number of hydrogen-bond donors (Lipinski definition) is 5. The standard InChI is InChI=1S/C39H65N3O11/c1-2-25-50-27-24-41-37(45)31-52-30-29-51-28-23-40-35(43)22-21-34(39(48)49)42-36(44)16-14-12-10-8-6-4-3-5-7-9-11-13-15-26-53-33-19-17-32(18-20-33)38(46)47/h17-20,34H,2-16,21-31H2,1H3,(H,40,43)(H,41,45)(H,42,44)(H,46,47)(H,48,49)/t34-/m0/s1. The Morgan fingerprint density at radius 2 is 1.11 bits per heavy atom. The number of nitrogens with one attached hydrogen (secondary N) is 3. The Morgan fingerprint density at radius 3 is 1.68 bits per heavy atom. The number of aliphatic carboxylic acids is 1. The predicted molar refractivity (Wildman–Crippen MR) is 201 cm³/mol. The molecule has 0 aromatic heterocycles. The van der Waals surface area contributed by atoms with E-state index >= 15 is 0 Å². The van der Waals surface area contributed by atoms with E-state index in [1.165, 1.54) is 44.9 Å². The average Bonchev–Trinajstić information content (AvgIpc) is 3.14. The third kappa shape index (κ3) is 28.4. The maximum atomic E-state index is 12.3. The third-order valence-electron chi connectivity index (χ3n) is 8.30. The predicted octanol–water partition coefficient (Wildman–Crippen LogP) is 5.27. The highest BCUT2D eigenvalue weighted by molar-refractivity contribution is 5.87. The van der Waals surface area contributed by atoms with Crippen LogP contribution in [0.25, 0.3) is 0 Å². The van der Waals surface area contributed by atoms with Crippen LogP contribution in [0.3, 0.4) is 0 Å². The van der Waals surface area contributed by atoms with E-state index in [1.807, 2.05) is 6.92 Å². The molecule has 0 spiro atoms. The molecule has 0 fully saturated rings. The lowest BCUT2D eigenvalue weighted by molar-refractivity contribution is -0.142. The second-order valence-electron chi connectivity index (χ2n) is 13.0. The minimum atomic E-state index is -1.17. The normalized spacial score (nSPS) is 11.5. The minimum absolute atomic E-state index is 0.00246. The summed E-state index contributed by atoms with van der Waals surface area (Å²) in [6.45, 7) is 5.11. The van der Waals surface area contributed by atoms with Gasteiger partial charge >= 0.3 is 11.9 Å². The van der Waals surface area contributed by atoms with Gasteiger partial charge in [-0.1, -0.05) is 77.6 Å². The maximum absolute atomic E-state index is 12.3. The number of amides is 3. The molecule has 0 aliphatic carbocycles. The van der Waals surface area contributed by atoms with Crippen molar-refractivity contribution in [3.05, 3.63) is 29.8 Å². The van der Waals surface area contributed by atoms with Crippen molar-refractivity contribution in [1.29, 1.82) is 0 Å². The summed E-state index contributed by atoms with van der Waals surface area (Å²) in [5, 5.41) is 26.3. The van der Waals surface area contributed by atoms with Crippen molar-refractivity contribution in [3.8, 4) is 5.75 Å².